The van der Waals surface area contributed by atoms with Crippen molar-refractivity contribution in [1.82, 2.24) is 9.80 Å². The molecule has 0 fully saturated rings. The zero-order chi connectivity index (χ0) is 20.1. The van der Waals surface area contributed by atoms with Crippen LogP contribution >= 0.6 is 11.3 Å². The van der Waals surface area contributed by atoms with Crippen LogP contribution in [0.5, 0.6) is 0 Å². The Hall–Kier alpha value is -2.51. The van der Waals surface area contributed by atoms with E-state index in [1.807, 2.05) is 11.4 Å². The summed E-state index contributed by atoms with van der Waals surface area (Å²) < 4.78 is 18.3. The summed E-state index contributed by atoms with van der Waals surface area (Å²) in [5, 5.41) is 2.02. The van der Waals surface area contributed by atoms with Gasteiger partial charge in [0.1, 0.15) is 19.0 Å². The molecule has 7 heteroatoms. The predicted molar refractivity (Wildman–Crippen MR) is 107 cm³/mol. The summed E-state index contributed by atoms with van der Waals surface area (Å²) in [5.74, 6) is -0.731. The predicted octanol–water partition coefficient (Wildman–Crippen LogP) is 3.02. The van der Waals surface area contributed by atoms with E-state index in [-0.39, 0.29) is 43.4 Å². The van der Waals surface area contributed by atoms with Crippen LogP contribution in [0.25, 0.3) is 0 Å². The quantitative estimate of drug-likeness (QED) is 0.669. The first-order valence-electron chi connectivity index (χ1n) is 9.04. The van der Waals surface area contributed by atoms with Crippen LogP contribution in [0.2, 0.25) is 0 Å². The van der Waals surface area contributed by atoms with Crippen LogP contribution in [0.3, 0.4) is 0 Å². The number of halogens is 1. The topological polar surface area (TPSA) is 49.9 Å². The molecule has 0 unspecified atom stereocenters. The van der Waals surface area contributed by atoms with Crippen LogP contribution in [-0.2, 0) is 20.7 Å². The van der Waals surface area contributed by atoms with Gasteiger partial charge in [-0.05, 0) is 41.1 Å². The minimum absolute atomic E-state index is 0.0502. The zero-order valence-corrected chi connectivity index (χ0v) is 16.6. The van der Waals surface area contributed by atoms with Crippen LogP contribution in [0.4, 0.5) is 4.39 Å². The molecule has 1 aliphatic rings. The molecule has 2 heterocycles. The number of nitrogens with zero attached hydrogens (tertiary/aromatic N) is 2. The average Bonchev–Trinajstić information content (AvgIpc) is 3.16. The van der Waals surface area contributed by atoms with E-state index in [1.54, 1.807) is 34.4 Å². The van der Waals surface area contributed by atoms with Crippen molar-refractivity contribution in [3.63, 3.8) is 0 Å². The fourth-order valence-corrected chi connectivity index (χ4v) is 4.37. The maximum absolute atomic E-state index is 13.4. The molecule has 2 amide bonds. The summed E-state index contributed by atoms with van der Waals surface area (Å²) >= 11 is 1.67. The average molecular weight is 402 g/mol. The van der Waals surface area contributed by atoms with Crippen LogP contribution in [-0.4, -0.2) is 55.0 Å². The van der Waals surface area contributed by atoms with Crippen LogP contribution in [0.1, 0.15) is 22.0 Å². The summed E-state index contributed by atoms with van der Waals surface area (Å²) in [6, 6.07) is 7.97. The molecule has 0 N–H and O–H groups in total. The van der Waals surface area contributed by atoms with Crippen molar-refractivity contribution in [2.75, 3.05) is 33.4 Å². The van der Waals surface area contributed by atoms with Crippen LogP contribution < -0.4 is 0 Å². The van der Waals surface area contributed by atoms with Crippen molar-refractivity contribution in [1.29, 1.82) is 0 Å². The van der Waals surface area contributed by atoms with Gasteiger partial charge in [0.25, 0.3) is 0 Å². The van der Waals surface area contributed by atoms with E-state index < -0.39 is 0 Å². The number of thiophene rings is 1. The Morgan fingerprint density at radius 2 is 2.11 bits per heavy atom. The van der Waals surface area contributed by atoms with E-state index in [2.05, 4.69) is 6.58 Å². The van der Waals surface area contributed by atoms with Gasteiger partial charge in [0.2, 0.25) is 11.8 Å². The summed E-state index contributed by atoms with van der Waals surface area (Å²) in [4.78, 5) is 29.8. The lowest BCUT2D eigenvalue weighted by Gasteiger charge is -2.37. The van der Waals surface area contributed by atoms with Crippen molar-refractivity contribution in [3.8, 4) is 0 Å². The minimum atomic E-state index is -0.315. The largest absolute Gasteiger partial charge is 0.375 e. The number of rotatable bonds is 7. The Balaban J connectivity index is 1.87. The molecule has 1 aliphatic heterocycles. The number of hydrogen-bond donors (Lipinski definition) is 0. The standard InChI is InChI=1S/C21H23FN2O3S/c1-3-10-23(20(26)14-27-2)13-19(25)24-11-8-18-17(9-12-28-18)21(24)15-4-6-16(22)7-5-15/h3-7,9,12,21H,1,8,10-11,13-14H2,2H3/t21-/m1/s1. The van der Waals surface area contributed by atoms with Gasteiger partial charge in [0, 0.05) is 25.1 Å². The second kappa shape index (κ2) is 9.12. The molecule has 1 aromatic heterocycles. The van der Waals surface area contributed by atoms with Gasteiger partial charge in [-0.15, -0.1) is 17.9 Å². The third-order valence-electron chi connectivity index (χ3n) is 4.77. The highest BCUT2D eigenvalue weighted by atomic mass is 32.1. The lowest BCUT2D eigenvalue weighted by molar-refractivity contribution is -0.143. The van der Waals surface area contributed by atoms with Crippen molar-refractivity contribution < 1.29 is 18.7 Å². The molecule has 0 spiro atoms. The molecule has 28 heavy (non-hydrogen) atoms. The van der Waals surface area contributed by atoms with Gasteiger partial charge in [-0.3, -0.25) is 9.59 Å². The van der Waals surface area contributed by atoms with Gasteiger partial charge in [-0.25, -0.2) is 4.39 Å². The zero-order valence-electron chi connectivity index (χ0n) is 15.8. The molecule has 0 bridgehead atoms. The first-order valence-corrected chi connectivity index (χ1v) is 9.92. The van der Waals surface area contributed by atoms with Crippen molar-refractivity contribution in [2.45, 2.75) is 12.5 Å². The molecule has 148 valence electrons. The van der Waals surface area contributed by atoms with E-state index in [0.29, 0.717) is 6.54 Å². The number of methoxy groups -OCH3 is 1. The Morgan fingerprint density at radius 3 is 2.79 bits per heavy atom. The molecule has 1 aromatic carbocycles. The number of fused-ring (bicyclic) bond motifs is 1. The number of ether oxygens (including phenoxy) is 1. The molecule has 0 saturated carbocycles. The van der Waals surface area contributed by atoms with Gasteiger partial charge in [-0.2, -0.15) is 0 Å². The minimum Gasteiger partial charge on any atom is -0.375 e. The van der Waals surface area contributed by atoms with E-state index in [1.165, 1.54) is 29.0 Å². The maximum atomic E-state index is 13.4. The molecule has 0 aliphatic carbocycles. The van der Waals surface area contributed by atoms with Gasteiger partial charge in [0.15, 0.2) is 0 Å². The molecular weight excluding hydrogens is 379 g/mol. The summed E-state index contributed by atoms with van der Waals surface area (Å²) in [5.41, 5.74) is 1.92. The molecular formula is C21H23FN2O3S. The number of amides is 2. The second-order valence-electron chi connectivity index (χ2n) is 6.59. The van der Waals surface area contributed by atoms with Gasteiger partial charge in [-0.1, -0.05) is 18.2 Å². The van der Waals surface area contributed by atoms with Crippen LogP contribution in [0, 0.1) is 5.82 Å². The number of hydrogen-bond acceptors (Lipinski definition) is 4. The lowest BCUT2D eigenvalue weighted by atomic mass is 9.93. The van der Waals surface area contributed by atoms with E-state index in [4.69, 9.17) is 4.74 Å². The Bertz CT molecular complexity index is 850. The van der Waals surface area contributed by atoms with Crippen molar-refractivity contribution in [3.05, 3.63) is 70.2 Å². The van der Waals surface area contributed by atoms with Gasteiger partial charge in [0.05, 0.1) is 6.04 Å². The monoisotopic (exact) mass is 402 g/mol. The highest BCUT2D eigenvalue weighted by molar-refractivity contribution is 7.10. The van der Waals surface area contributed by atoms with Crippen LogP contribution in [0.15, 0.2) is 48.4 Å². The van der Waals surface area contributed by atoms with Gasteiger partial charge < -0.3 is 14.5 Å². The molecule has 0 saturated heterocycles. The summed E-state index contributed by atoms with van der Waals surface area (Å²) in [6.45, 7) is 4.35. The molecule has 5 nitrogen and oxygen atoms in total. The molecule has 1 atom stereocenters. The highest BCUT2D eigenvalue weighted by Crippen LogP contribution is 2.37. The van der Waals surface area contributed by atoms with Crippen molar-refractivity contribution in [2.24, 2.45) is 0 Å². The smallest absolute Gasteiger partial charge is 0.249 e. The molecule has 2 aromatic rings. The fourth-order valence-electron chi connectivity index (χ4n) is 3.47. The Kier molecular flexibility index (Phi) is 6.59. The van der Waals surface area contributed by atoms with E-state index >= 15 is 0 Å². The van der Waals surface area contributed by atoms with E-state index in [9.17, 15) is 14.0 Å². The maximum Gasteiger partial charge on any atom is 0.249 e. The highest BCUT2D eigenvalue weighted by Gasteiger charge is 2.33. The first kappa shape index (κ1) is 20.2. The number of benzene rings is 1. The first-order chi connectivity index (χ1) is 13.5. The SMILES string of the molecule is C=CCN(CC(=O)N1CCc2sccc2[C@H]1c1ccc(F)cc1)C(=O)COC. The molecule has 0 radical (unpaired) electrons. The summed E-state index contributed by atoms with van der Waals surface area (Å²) in [7, 11) is 1.44. The van der Waals surface area contributed by atoms with E-state index in [0.717, 1.165) is 17.5 Å². The second-order valence-corrected chi connectivity index (χ2v) is 7.59. The Labute approximate surface area is 168 Å². The third-order valence-corrected chi connectivity index (χ3v) is 5.76. The Morgan fingerprint density at radius 1 is 1.36 bits per heavy atom. The third kappa shape index (κ3) is 4.31. The van der Waals surface area contributed by atoms with Crippen molar-refractivity contribution >= 4 is 23.2 Å². The normalized spacial score (nSPS) is 15.8. The number of carbonyl (C=O) groups excluding carboxylic acids is 2. The summed E-state index contributed by atoms with van der Waals surface area (Å²) in [6.07, 6.45) is 2.36. The molecule has 3 rings (SSSR count). The fraction of sp³-hybridized carbons (Fsp3) is 0.333. The lowest BCUT2D eigenvalue weighted by Crippen LogP contribution is -2.47. The van der Waals surface area contributed by atoms with Gasteiger partial charge >= 0.3 is 0 Å². The number of carbonyl (C=O) groups is 2.